The lowest BCUT2D eigenvalue weighted by Gasteiger charge is -2.04. The summed E-state index contributed by atoms with van der Waals surface area (Å²) in [5, 5.41) is 0.611. The Kier molecular flexibility index (Phi) is 3.82. The molecular weight excluding hydrogens is 259 g/mol. The molecule has 86 valence electrons. The molecule has 0 aliphatic rings. The van der Waals surface area contributed by atoms with E-state index < -0.39 is 5.82 Å². The first-order chi connectivity index (χ1) is 8.19. The summed E-state index contributed by atoms with van der Waals surface area (Å²) >= 11 is 7.12. The van der Waals surface area contributed by atoms with Crippen molar-refractivity contribution in [2.75, 3.05) is 0 Å². The molecule has 0 aliphatic carbocycles. The van der Waals surface area contributed by atoms with Crippen molar-refractivity contribution in [1.29, 1.82) is 0 Å². The molecule has 17 heavy (non-hydrogen) atoms. The van der Waals surface area contributed by atoms with Gasteiger partial charge >= 0.3 is 0 Å². The fraction of sp³-hybridized carbons (Fsp3) is 0. The van der Waals surface area contributed by atoms with Crippen molar-refractivity contribution in [3.8, 4) is 0 Å². The Morgan fingerprint density at radius 1 is 1.18 bits per heavy atom. The second-order valence-corrected chi connectivity index (χ2v) is 4.92. The average molecular weight is 267 g/mol. The van der Waals surface area contributed by atoms with E-state index in [2.05, 4.69) is 0 Å². The maximum Gasteiger partial charge on any atom is 0.150 e. The zero-order chi connectivity index (χ0) is 12.3. The minimum atomic E-state index is -0.403. The van der Waals surface area contributed by atoms with Crippen molar-refractivity contribution in [3.63, 3.8) is 0 Å². The third-order valence-corrected chi connectivity index (χ3v) is 3.39. The summed E-state index contributed by atoms with van der Waals surface area (Å²) in [5.74, 6) is -0.403. The fourth-order valence-corrected chi connectivity index (χ4v) is 2.46. The van der Waals surface area contributed by atoms with Crippen LogP contribution in [0, 0.1) is 5.82 Å². The SMILES string of the molecule is O=Cc1ccc(Sc2cccc(Cl)c2)c(F)c1. The highest BCUT2D eigenvalue weighted by Gasteiger charge is 2.05. The highest BCUT2D eigenvalue weighted by molar-refractivity contribution is 7.99. The van der Waals surface area contributed by atoms with Crippen LogP contribution in [-0.4, -0.2) is 6.29 Å². The third kappa shape index (κ3) is 3.08. The molecule has 0 spiro atoms. The van der Waals surface area contributed by atoms with E-state index in [9.17, 15) is 9.18 Å². The zero-order valence-electron chi connectivity index (χ0n) is 8.69. The lowest BCUT2D eigenvalue weighted by atomic mass is 10.2. The van der Waals surface area contributed by atoms with Gasteiger partial charge in [-0.1, -0.05) is 35.5 Å². The number of rotatable bonds is 3. The van der Waals surface area contributed by atoms with E-state index in [1.54, 1.807) is 24.3 Å². The van der Waals surface area contributed by atoms with Crippen LogP contribution < -0.4 is 0 Å². The van der Waals surface area contributed by atoms with Crippen LogP contribution in [0.2, 0.25) is 5.02 Å². The molecule has 0 saturated heterocycles. The van der Waals surface area contributed by atoms with Gasteiger partial charge in [0.25, 0.3) is 0 Å². The van der Waals surface area contributed by atoms with Gasteiger partial charge in [0.1, 0.15) is 12.1 Å². The predicted molar refractivity (Wildman–Crippen MR) is 67.4 cm³/mol. The molecule has 1 nitrogen and oxygen atoms in total. The molecule has 2 rings (SSSR count). The Morgan fingerprint density at radius 2 is 2.00 bits per heavy atom. The van der Waals surface area contributed by atoms with Crippen molar-refractivity contribution >= 4 is 29.6 Å². The highest BCUT2D eigenvalue weighted by atomic mass is 35.5. The van der Waals surface area contributed by atoms with Crippen molar-refractivity contribution in [2.45, 2.75) is 9.79 Å². The number of hydrogen-bond acceptors (Lipinski definition) is 2. The summed E-state index contributed by atoms with van der Waals surface area (Å²) < 4.78 is 13.6. The standard InChI is InChI=1S/C13H8ClFOS/c14-10-2-1-3-11(7-10)17-13-5-4-9(8-16)6-12(13)15/h1-8H. The van der Waals surface area contributed by atoms with Gasteiger partial charge in [-0.25, -0.2) is 4.39 Å². The zero-order valence-corrected chi connectivity index (χ0v) is 10.3. The van der Waals surface area contributed by atoms with Gasteiger partial charge in [0.2, 0.25) is 0 Å². The van der Waals surface area contributed by atoms with Gasteiger partial charge in [-0.2, -0.15) is 0 Å². The van der Waals surface area contributed by atoms with Gasteiger partial charge in [-0.3, -0.25) is 4.79 Å². The van der Waals surface area contributed by atoms with Crippen molar-refractivity contribution < 1.29 is 9.18 Å². The summed E-state index contributed by atoms with van der Waals surface area (Å²) in [6.07, 6.45) is 0.622. The maximum absolute atomic E-state index is 13.6. The van der Waals surface area contributed by atoms with Crippen molar-refractivity contribution in [3.05, 3.63) is 58.9 Å². The summed E-state index contributed by atoms with van der Waals surface area (Å²) in [6, 6.07) is 11.6. The summed E-state index contributed by atoms with van der Waals surface area (Å²) in [5.41, 5.74) is 0.331. The Hall–Kier alpha value is -1.32. The molecule has 0 aromatic heterocycles. The molecule has 0 unspecified atom stereocenters. The lowest BCUT2D eigenvalue weighted by Crippen LogP contribution is -1.85. The van der Waals surface area contributed by atoms with Gasteiger partial charge in [-0.05, 0) is 30.3 Å². The molecule has 0 atom stereocenters. The van der Waals surface area contributed by atoms with E-state index in [1.807, 2.05) is 12.1 Å². The molecule has 4 heteroatoms. The molecule has 0 fully saturated rings. The predicted octanol–water partition coefficient (Wildman–Crippen LogP) is 4.44. The third-order valence-electron chi connectivity index (χ3n) is 2.12. The number of hydrogen-bond donors (Lipinski definition) is 0. The van der Waals surface area contributed by atoms with Crippen molar-refractivity contribution in [2.24, 2.45) is 0 Å². The Morgan fingerprint density at radius 3 is 2.65 bits per heavy atom. The molecule has 0 saturated carbocycles. The lowest BCUT2D eigenvalue weighted by molar-refractivity contribution is 0.112. The molecule has 2 aromatic rings. The van der Waals surface area contributed by atoms with Crippen LogP contribution >= 0.6 is 23.4 Å². The van der Waals surface area contributed by atoms with E-state index in [0.717, 1.165) is 4.90 Å². The fourth-order valence-electron chi connectivity index (χ4n) is 1.33. The largest absolute Gasteiger partial charge is 0.298 e. The van der Waals surface area contributed by atoms with Gasteiger partial charge in [0, 0.05) is 20.4 Å². The molecule has 0 aliphatic heterocycles. The van der Waals surface area contributed by atoms with Crippen LogP contribution in [0.4, 0.5) is 4.39 Å². The maximum atomic E-state index is 13.6. The van der Waals surface area contributed by atoms with E-state index in [1.165, 1.54) is 17.8 Å². The Bertz CT molecular complexity index is 557. The molecule has 0 heterocycles. The van der Waals surface area contributed by atoms with Gasteiger partial charge in [-0.15, -0.1) is 0 Å². The number of carbonyl (C=O) groups excluding carboxylic acids is 1. The van der Waals surface area contributed by atoms with Crippen LogP contribution in [0.25, 0.3) is 0 Å². The Labute approximate surface area is 108 Å². The van der Waals surface area contributed by atoms with E-state index in [4.69, 9.17) is 11.6 Å². The normalized spacial score (nSPS) is 10.2. The van der Waals surface area contributed by atoms with Crippen LogP contribution in [-0.2, 0) is 0 Å². The minimum absolute atomic E-state index is 0.331. The second kappa shape index (κ2) is 5.34. The molecule has 0 amide bonds. The minimum Gasteiger partial charge on any atom is -0.298 e. The first kappa shape index (κ1) is 12.1. The number of carbonyl (C=O) groups is 1. The van der Waals surface area contributed by atoms with Gasteiger partial charge in [0.05, 0.1) is 0 Å². The van der Waals surface area contributed by atoms with Crippen LogP contribution in [0.15, 0.2) is 52.3 Å². The first-order valence-electron chi connectivity index (χ1n) is 4.87. The molecule has 0 bridgehead atoms. The quantitative estimate of drug-likeness (QED) is 0.764. The van der Waals surface area contributed by atoms with Gasteiger partial charge in [0.15, 0.2) is 0 Å². The Balaban J connectivity index is 2.27. The van der Waals surface area contributed by atoms with Gasteiger partial charge < -0.3 is 0 Å². The molecule has 0 radical (unpaired) electrons. The average Bonchev–Trinajstić information content (AvgIpc) is 2.32. The molecule has 0 N–H and O–H groups in total. The molecule has 2 aromatic carbocycles. The van der Waals surface area contributed by atoms with E-state index in [0.29, 0.717) is 21.8 Å². The monoisotopic (exact) mass is 266 g/mol. The summed E-state index contributed by atoms with van der Waals surface area (Å²) in [7, 11) is 0. The second-order valence-electron chi connectivity index (χ2n) is 3.37. The summed E-state index contributed by atoms with van der Waals surface area (Å²) in [6.45, 7) is 0. The number of halogens is 2. The van der Waals surface area contributed by atoms with Crippen LogP contribution in [0.5, 0.6) is 0 Å². The molecular formula is C13H8ClFOS. The topological polar surface area (TPSA) is 17.1 Å². The summed E-state index contributed by atoms with van der Waals surface area (Å²) in [4.78, 5) is 11.8. The first-order valence-corrected chi connectivity index (χ1v) is 6.06. The van der Waals surface area contributed by atoms with E-state index >= 15 is 0 Å². The number of aldehydes is 1. The van der Waals surface area contributed by atoms with Crippen LogP contribution in [0.3, 0.4) is 0 Å². The van der Waals surface area contributed by atoms with Crippen LogP contribution in [0.1, 0.15) is 10.4 Å². The van der Waals surface area contributed by atoms with E-state index in [-0.39, 0.29) is 0 Å². The van der Waals surface area contributed by atoms with Crippen molar-refractivity contribution in [1.82, 2.24) is 0 Å². The smallest absolute Gasteiger partial charge is 0.150 e. The number of benzene rings is 2. The highest BCUT2D eigenvalue weighted by Crippen LogP contribution is 2.31.